The first-order valence-corrected chi connectivity index (χ1v) is 19.0. The fourth-order valence-electron chi connectivity index (χ4n) is 8.80. The first kappa shape index (κ1) is 29.0. The van der Waals surface area contributed by atoms with E-state index in [4.69, 9.17) is 0 Å². The highest BCUT2D eigenvalue weighted by molar-refractivity contribution is 7.26. The number of benzene rings is 9. The summed E-state index contributed by atoms with van der Waals surface area (Å²) in [5, 5.41) is 12.7. The molecule has 3 heterocycles. The number of para-hydroxylation sites is 1. The molecule has 0 atom stereocenters. The number of rotatable bonds is 3. The van der Waals surface area contributed by atoms with Crippen LogP contribution < -0.4 is 0 Å². The van der Waals surface area contributed by atoms with Gasteiger partial charge in [0.2, 0.25) is 0 Å². The Morgan fingerprint density at radius 2 is 0.906 bits per heavy atom. The molecular formula is C50H30N2S. The molecule has 12 rings (SSSR count). The van der Waals surface area contributed by atoms with Crippen LogP contribution in [0.3, 0.4) is 0 Å². The van der Waals surface area contributed by atoms with Gasteiger partial charge in [0.05, 0.1) is 32.5 Å². The Hall–Kier alpha value is -6.68. The zero-order chi connectivity index (χ0) is 34.6. The van der Waals surface area contributed by atoms with E-state index in [2.05, 4.69) is 191 Å². The van der Waals surface area contributed by atoms with Crippen molar-refractivity contribution in [2.24, 2.45) is 0 Å². The second-order valence-corrected chi connectivity index (χ2v) is 15.2. The van der Waals surface area contributed by atoms with Crippen molar-refractivity contribution in [3.8, 4) is 22.5 Å². The molecule has 3 aromatic heterocycles. The average Bonchev–Trinajstić information content (AvgIpc) is 3.87. The van der Waals surface area contributed by atoms with E-state index in [9.17, 15) is 0 Å². The SMILES string of the molecule is c1ccc2cc(-n3c4ccc(-c5ccc6c(c5)c5ccccc5n6-c5cccc6c5sc5ccccc56)cc4c4cc5ccccc5cc43)ccc2c1. The van der Waals surface area contributed by atoms with Crippen LogP contribution >= 0.6 is 11.3 Å². The van der Waals surface area contributed by atoms with E-state index in [0.717, 1.165) is 0 Å². The summed E-state index contributed by atoms with van der Waals surface area (Å²) in [5.41, 5.74) is 9.73. The van der Waals surface area contributed by atoms with E-state index in [1.807, 2.05) is 11.3 Å². The fraction of sp³-hybridized carbons (Fsp3) is 0. The summed E-state index contributed by atoms with van der Waals surface area (Å²) in [6.07, 6.45) is 0. The predicted octanol–water partition coefficient (Wildman–Crippen LogP) is 14.2. The molecule has 246 valence electrons. The Balaban J connectivity index is 1.08. The summed E-state index contributed by atoms with van der Waals surface area (Å²) in [6.45, 7) is 0. The molecule has 0 amide bonds. The fourth-order valence-corrected chi connectivity index (χ4v) is 10.0. The van der Waals surface area contributed by atoms with Gasteiger partial charge in [-0.2, -0.15) is 0 Å². The molecule has 9 aromatic carbocycles. The van der Waals surface area contributed by atoms with Crippen molar-refractivity contribution in [3.05, 3.63) is 182 Å². The number of thiophene rings is 1. The molecule has 0 bridgehead atoms. The Kier molecular flexibility index (Phi) is 5.96. The van der Waals surface area contributed by atoms with Crippen molar-refractivity contribution in [2.75, 3.05) is 0 Å². The Morgan fingerprint density at radius 3 is 1.72 bits per heavy atom. The minimum atomic E-state index is 1.18. The molecular weight excluding hydrogens is 661 g/mol. The predicted molar refractivity (Wildman–Crippen MR) is 228 cm³/mol. The van der Waals surface area contributed by atoms with Gasteiger partial charge in [-0.3, -0.25) is 0 Å². The zero-order valence-electron chi connectivity index (χ0n) is 28.6. The van der Waals surface area contributed by atoms with Crippen molar-refractivity contribution in [2.45, 2.75) is 0 Å². The van der Waals surface area contributed by atoms with Crippen molar-refractivity contribution in [1.82, 2.24) is 9.13 Å². The Morgan fingerprint density at radius 1 is 0.321 bits per heavy atom. The maximum atomic E-state index is 2.47. The highest BCUT2D eigenvalue weighted by atomic mass is 32.1. The van der Waals surface area contributed by atoms with Gasteiger partial charge in [0, 0.05) is 42.7 Å². The zero-order valence-corrected chi connectivity index (χ0v) is 29.4. The van der Waals surface area contributed by atoms with Gasteiger partial charge >= 0.3 is 0 Å². The van der Waals surface area contributed by atoms with Gasteiger partial charge in [0.1, 0.15) is 0 Å². The minimum Gasteiger partial charge on any atom is -0.309 e. The Labute approximate surface area is 309 Å². The lowest BCUT2D eigenvalue weighted by Crippen LogP contribution is -1.94. The molecule has 0 aliphatic rings. The quantitative estimate of drug-likeness (QED) is 0.175. The van der Waals surface area contributed by atoms with Crippen LogP contribution in [0.1, 0.15) is 0 Å². The standard InChI is InChI=1S/C50H30N2S/c1-2-11-32-26-37(23-20-31(32)10-1)51-45-24-21-36(29-42(45)43-27-33-12-3-4-13-34(33)30-48(43)51)35-22-25-46-41(28-35)38-14-5-7-17-44(38)52(46)47-18-9-16-40-39-15-6-8-19-49(39)53-50(40)47/h1-30H. The summed E-state index contributed by atoms with van der Waals surface area (Å²) < 4.78 is 7.56. The van der Waals surface area contributed by atoms with Gasteiger partial charge in [-0.15, -0.1) is 11.3 Å². The van der Waals surface area contributed by atoms with Crippen molar-refractivity contribution < 1.29 is 0 Å². The minimum absolute atomic E-state index is 1.18. The van der Waals surface area contributed by atoms with E-state index in [-0.39, 0.29) is 0 Å². The van der Waals surface area contributed by atoms with Crippen molar-refractivity contribution >= 4 is 96.7 Å². The maximum absolute atomic E-state index is 2.47. The number of nitrogens with zero attached hydrogens (tertiary/aromatic N) is 2. The molecule has 0 saturated heterocycles. The number of hydrogen-bond acceptors (Lipinski definition) is 1. The topological polar surface area (TPSA) is 9.86 Å². The highest BCUT2D eigenvalue weighted by Gasteiger charge is 2.19. The lowest BCUT2D eigenvalue weighted by molar-refractivity contribution is 1.19. The van der Waals surface area contributed by atoms with Crippen molar-refractivity contribution in [1.29, 1.82) is 0 Å². The van der Waals surface area contributed by atoms with Crippen LogP contribution in [-0.4, -0.2) is 9.13 Å². The van der Waals surface area contributed by atoms with Gasteiger partial charge in [0.25, 0.3) is 0 Å². The summed E-state index contributed by atoms with van der Waals surface area (Å²) in [4.78, 5) is 0. The maximum Gasteiger partial charge on any atom is 0.0640 e. The normalized spacial score (nSPS) is 12.2. The first-order valence-electron chi connectivity index (χ1n) is 18.2. The van der Waals surface area contributed by atoms with Crippen LogP contribution in [0.5, 0.6) is 0 Å². The molecule has 0 aliphatic heterocycles. The third-order valence-electron chi connectivity index (χ3n) is 11.3. The molecule has 0 fully saturated rings. The van der Waals surface area contributed by atoms with Gasteiger partial charge in [0.15, 0.2) is 0 Å². The Bertz CT molecular complexity index is 3470. The molecule has 0 unspecified atom stereocenters. The molecule has 0 saturated carbocycles. The number of hydrogen-bond donors (Lipinski definition) is 0. The highest BCUT2D eigenvalue weighted by Crippen LogP contribution is 2.43. The largest absolute Gasteiger partial charge is 0.309 e. The van der Waals surface area contributed by atoms with E-state index >= 15 is 0 Å². The molecule has 3 heteroatoms. The lowest BCUT2D eigenvalue weighted by Gasteiger charge is -2.11. The van der Waals surface area contributed by atoms with E-state index in [0.29, 0.717) is 0 Å². The molecule has 0 N–H and O–H groups in total. The molecule has 2 nitrogen and oxygen atoms in total. The van der Waals surface area contributed by atoms with Crippen molar-refractivity contribution in [3.63, 3.8) is 0 Å². The lowest BCUT2D eigenvalue weighted by atomic mass is 10.00. The van der Waals surface area contributed by atoms with Gasteiger partial charge in [-0.05, 0) is 99.4 Å². The first-order chi connectivity index (χ1) is 26.3. The van der Waals surface area contributed by atoms with Gasteiger partial charge in [-0.1, -0.05) is 115 Å². The molecule has 0 aliphatic carbocycles. The van der Waals surface area contributed by atoms with Crippen LogP contribution in [0.2, 0.25) is 0 Å². The van der Waals surface area contributed by atoms with E-state index in [1.165, 1.54) is 108 Å². The summed E-state index contributed by atoms with van der Waals surface area (Å²) in [7, 11) is 0. The van der Waals surface area contributed by atoms with Crippen LogP contribution in [0.25, 0.3) is 108 Å². The molecule has 12 aromatic rings. The molecule has 0 spiro atoms. The van der Waals surface area contributed by atoms with Crippen LogP contribution in [0.15, 0.2) is 182 Å². The third kappa shape index (κ3) is 4.20. The average molecular weight is 691 g/mol. The molecule has 53 heavy (non-hydrogen) atoms. The second-order valence-electron chi connectivity index (χ2n) is 14.2. The summed E-state index contributed by atoms with van der Waals surface area (Å²) >= 11 is 1.88. The molecule has 0 radical (unpaired) electrons. The van der Waals surface area contributed by atoms with Gasteiger partial charge in [-0.25, -0.2) is 0 Å². The summed E-state index contributed by atoms with van der Waals surface area (Å²) in [5.74, 6) is 0. The smallest absolute Gasteiger partial charge is 0.0640 e. The monoisotopic (exact) mass is 690 g/mol. The van der Waals surface area contributed by atoms with Crippen LogP contribution in [-0.2, 0) is 0 Å². The van der Waals surface area contributed by atoms with E-state index < -0.39 is 0 Å². The summed E-state index contributed by atoms with van der Waals surface area (Å²) in [6, 6.07) is 67.3. The van der Waals surface area contributed by atoms with Crippen LogP contribution in [0.4, 0.5) is 0 Å². The number of aromatic nitrogens is 2. The van der Waals surface area contributed by atoms with Gasteiger partial charge < -0.3 is 9.13 Å². The number of fused-ring (bicyclic) bond motifs is 11. The third-order valence-corrected chi connectivity index (χ3v) is 12.5. The second kappa shape index (κ2) is 10.9. The van der Waals surface area contributed by atoms with Crippen LogP contribution in [0, 0.1) is 0 Å². The van der Waals surface area contributed by atoms with E-state index in [1.54, 1.807) is 0 Å².